The average Bonchev–Trinajstić information content (AvgIpc) is 2.73. The number of carboxylic acids is 2. The molecule has 1 aliphatic carbocycles. The Labute approximate surface area is 171 Å². The lowest BCUT2D eigenvalue weighted by Gasteiger charge is -2.34. The molecule has 6 heteroatoms. The van der Waals surface area contributed by atoms with Crippen LogP contribution < -0.4 is 10.5 Å². The van der Waals surface area contributed by atoms with Gasteiger partial charge in [0.1, 0.15) is 5.75 Å². The van der Waals surface area contributed by atoms with Crippen LogP contribution in [-0.4, -0.2) is 35.8 Å². The van der Waals surface area contributed by atoms with Crippen molar-refractivity contribution in [1.82, 2.24) is 0 Å². The number of carbonyl (C=O) groups is 2. The number of benzene rings is 2. The standard InChI is InChI=1S/C14H14O3.C9H17NO2/c1-9(14(15)16)10-3-4-12-8-13(17-2)6-5-11(12)7-10;10-7-9(6-8(11)12)4-2-1-3-5-9/h3-9H,1-2H3,(H,15,16);1-7,10H2,(H,11,12)/t9-;/m0./s1. The average molecular weight is 402 g/mol. The smallest absolute Gasteiger partial charge is 0.310 e. The molecule has 158 valence electrons. The predicted molar refractivity (Wildman–Crippen MR) is 113 cm³/mol. The Hall–Kier alpha value is -2.60. The fraction of sp³-hybridized carbons (Fsp3) is 0.478. The molecule has 1 atom stereocenters. The number of ether oxygens (including phenoxy) is 1. The van der Waals surface area contributed by atoms with Crippen LogP contribution in [0.3, 0.4) is 0 Å². The van der Waals surface area contributed by atoms with Gasteiger partial charge in [0.15, 0.2) is 0 Å². The Bertz CT molecular complexity index is 842. The van der Waals surface area contributed by atoms with Crippen LogP contribution in [0.2, 0.25) is 0 Å². The molecule has 6 nitrogen and oxygen atoms in total. The lowest BCUT2D eigenvalue weighted by Crippen LogP contribution is -2.34. The number of rotatable bonds is 6. The highest BCUT2D eigenvalue weighted by Crippen LogP contribution is 2.38. The van der Waals surface area contributed by atoms with Crippen LogP contribution in [0.15, 0.2) is 36.4 Å². The molecule has 0 unspecified atom stereocenters. The number of fused-ring (bicyclic) bond motifs is 1. The van der Waals surface area contributed by atoms with Gasteiger partial charge in [0.25, 0.3) is 0 Å². The number of carboxylic acid groups (broad SMARTS) is 2. The Kier molecular flexibility index (Phi) is 8.02. The van der Waals surface area contributed by atoms with Gasteiger partial charge >= 0.3 is 11.9 Å². The molecule has 0 amide bonds. The summed E-state index contributed by atoms with van der Waals surface area (Å²) in [5.41, 5.74) is 6.36. The summed E-state index contributed by atoms with van der Waals surface area (Å²) < 4.78 is 5.14. The first-order valence-electron chi connectivity index (χ1n) is 10.0. The van der Waals surface area contributed by atoms with Crippen molar-refractivity contribution in [3.63, 3.8) is 0 Å². The Morgan fingerprint density at radius 3 is 2.24 bits per heavy atom. The summed E-state index contributed by atoms with van der Waals surface area (Å²) in [6.07, 6.45) is 5.77. The highest BCUT2D eigenvalue weighted by molar-refractivity contribution is 5.86. The number of aliphatic carboxylic acids is 2. The van der Waals surface area contributed by atoms with E-state index in [1.807, 2.05) is 36.4 Å². The Morgan fingerprint density at radius 2 is 1.69 bits per heavy atom. The van der Waals surface area contributed by atoms with Crippen molar-refractivity contribution in [2.24, 2.45) is 11.1 Å². The summed E-state index contributed by atoms with van der Waals surface area (Å²) in [4.78, 5) is 21.5. The van der Waals surface area contributed by atoms with Crippen molar-refractivity contribution in [2.45, 2.75) is 51.4 Å². The molecule has 0 saturated heterocycles. The van der Waals surface area contributed by atoms with Crippen LogP contribution in [0, 0.1) is 5.41 Å². The van der Waals surface area contributed by atoms with Gasteiger partial charge in [0.05, 0.1) is 19.4 Å². The summed E-state index contributed by atoms with van der Waals surface area (Å²) in [5, 5.41) is 19.7. The van der Waals surface area contributed by atoms with E-state index in [9.17, 15) is 9.59 Å². The molecule has 4 N–H and O–H groups in total. The molecule has 2 aromatic carbocycles. The van der Waals surface area contributed by atoms with Crippen LogP contribution in [0.4, 0.5) is 0 Å². The van der Waals surface area contributed by atoms with Crippen LogP contribution >= 0.6 is 0 Å². The zero-order valence-corrected chi connectivity index (χ0v) is 17.2. The summed E-state index contributed by atoms with van der Waals surface area (Å²) in [6, 6.07) is 11.4. The second-order valence-corrected chi connectivity index (χ2v) is 7.87. The molecule has 1 aliphatic rings. The summed E-state index contributed by atoms with van der Waals surface area (Å²) in [6.45, 7) is 2.21. The fourth-order valence-corrected chi connectivity index (χ4v) is 3.86. The number of hydrogen-bond donors (Lipinski definition) is 3. The van der Waals surface area contributed by atoms with E-state index in [0.29, 0.717) is 6.54 Å². The quantitative estimate of drug-likeness (QED) is 0.661. The Balaban J connectivity index is 0.000000221. The maximum atomic E-state index is 10.9. The molecule has 3 rings (SSSR count). The van der Waals surface area contributed by atoms with Crippen molar-refractivity contribution < 1.29 is 24.5 Å². The molecule has 0 aliphatic heterocycles. The first-order valence-corrected chi connectivity index (χ1v) is 10.0. The van der Waals surface area contributed by atoms with Gasteiger partial charge in [0, 0.05) is 0 Å². The molecule has 1 saturated carbocycles. The topological polar surface area (TPSA) is 110 Å². The van der Waals surface area contributed by atoms with E-state index >= 15 is 0 Å². The van der Waals surface area contributed by atoms with Crippen molar-refractivity contribution >= 4 is 22.7 Å². The Morgan fingerprint density at radius 1 is 1.07 bits per heavy atom. The maximum absolute atomic E-state index is 10.9. The molecular formula is C23H31NO5. The maximum Gasteiger partial charge on any atom is 0.310 e. The van der Waals surface area contributed by atoms with Crippen LogP contribution in [0.5, 0.6) is 5.75 Å². The highest BCUT2D eigenvalue weighted by atomic mass is 16.5. The second-order valence-electron chi connectivity index (χ2n) is 7.87. The van der Waals surface area contributed by atoms with Gasteiger partial charge in [0.2, 0.25) is 0 Å². The van der Waals surface area contributed by atoms with E-state index in [1.165, 1.54) is 6.42 Å². The molecule has 29 heavy (non-hydrogen) atoms. The number of methoxy groups -OCH3 is 1. The van der Waals surface area contributed by atoms with Gasteiger partial charge in [-0.1, -0.05) is 43.5 Å². The second kappa shape index (κ2) is 10.3. The largest absolute Gasteiger partial charge is 0.497 e. The third kappa shape index (κ3) is 6.19. The lowest BCUT2D eigenvalue weighted by molar-refractivity contribution is -0.140. The molecular weight excluding hydrogens is 370 g/mol. The van der Waals surface area contributed by atoms with Gasteiger partial charge in [-0.3, -0.25) is 9.59 Å². The van der Waals surface area contributed by atoms with Crippen LogP contribution in [-0.2, 0) is 9.59 Å². The molecule has 0 aromatic heterocycles. The molecule has 0 spiro atoms. The number of nitrogens with two attached hydrogens (primary N) is 1. The monoisotopic (exact) mass is 401 g/mol. The van der Waals surface area contributed by atoms with Crippen molar-refractivity contribution in [2.75, 3.05) is 13.7 Å². The summed E-state index contributed by atoms with van der Waals surface area (Å²) >= 11 is 0. The van der Waals surface area contributed by atoms with E-state index in [-0.39, 0.29) is 11.8 Å². The van der Waals surface area contributed by atoms with E-state index in [2.05, 4.69) is 0 Å². The zero-order chi connectivity index (χ0) is 21.4. The molecule has 1 fully saturated rings. The first-order chi connectivity index (χ1) is 13.8. The van der Waals surface area contributed by atoms with Crippen molar-refractivity contribution in [1.29, 1.82) is 0 Å². The van der Waals surface area contributed by atoms with Gasteiger partial charge in [-0.25, -0.2) is 0 Å². The van der Waals surface area contributed by atoms with Gasteiger partial charge < -0.3 is 20.7 Å². The van der Waals surface area contributed by atoms with Crippen LogP contribution in [0.25, 0.3) is 10.8 Å². The SMILES string of the molecule is COc1ccc2cc([C@H](C)C(=O)O)ccc2c1.NCC1(CC(=O)O)CCCCC1. The fourth-order valence-electron chi connectivity index (χ4n) is 3.86. The molecule has 2 aromatic rings. The van der Waals surface area contributed by atoms with Gasteiger partial charge in [-0.05, 0) is 60.2 Å². The van der Waals surface area contributed by atoms with E-state index < -0.39 is 17.9 Å². The van der Waals surface area contributed by atoms with Gasteiger partial charge in [-0.2, -0.15) is 0 Å². The minimum absolute atomic E-state index is 0.0793. The molecule has 0 radical (unpaired) electrons. The van der Waals surface area contributed by atoms with Crippen LogP contribution in [0.1, 0.15) is 56.9 Å². The zero-order valence-electron chi connectivity index (χ0n) is 17.2. The highest BCUT2D eigenvalue weighted by Gasteiger charge is 2.32. The lowest BCUT2D eigenvalue weighted by atomic mass is 9.72. The third-order valence-electron chi connectivity index (χ3n) is 5.82. The third-order valence-corrected chi connectivity index (χ3v) is 5.82. The summed E-state index contributed by atoms with van der Waals surface area (Å²) in [7, 11) is 1.63. The van der Waals surface area contributed by atoms with Crippen molar-refractivity contribution in [3.05, 3.63) is 42.0 Å². The molecule has 0 bridgehead atoms. The van der Waals surface area contributed by atoms with E-state index in [1.54, 1.807) is 14.0 Å². The van der Waals surface area contributed by atoms with E-state index in [4.69, 9.17) is 20.7 Å². The van der Waals surface area contributed by atoms with Gasteiger partial charge in [-0.15, -0.1) is 0 Å². The summed E-state index contributed by atoms with van der Waals surface area (Å²) in [5.74, 6) is -1.20. The normalized spacial score (nSPS) is 16.4. The minimum atomic E-state index is -0.808. The number of hydrogen-bond acceptors (Lipinski definition) is 4. The molecule has 0 heterocycles. The van der Waals surface area contributed by atoms with E-state index in [0.717, 1.165) is 47.8 Å². The van der Waals surface area contributed by atoms with Crippen molar-refractivity contribution in [3.8, 4) is 5.75 Å². The first kappa shape index (κ1) is 22.7. The minimum Gasteiger partial charge on any atom is -0.497 e. The predicted octanol–water partition coefficient (Wildman–Crippen LogP) is 4.41.